The Balaban J connectivity index is 1.88. The van der Waals surface area contributed by atoms with Crippen LogP contribution in [0.15, 0.2) is 24.3 Å². The van der Waals surface area contributed by atoms with Gasteiger partial charge in [0, 0.05) is 12.0 Å². The molecule has 17 heavy (non-hydrogen) atoms. The first-order valence-electron chi connectivity index (χ1n) is 6.08. The molecule has 3 rings (SSSR count). The van der Waals surface area contributed by atoms with Crippen LogP contribution in [0.3, 0.4) is 0 Å². The first kappa shape index (κ1) is 10.6. The van der Waals surface area contributed by atoms with Gasteiger partial charge in [0.15, 0.2) is 0 Å². The number of anilines is 1. The summed E-state index contributed by atoms with van der Waals surface area (Å²) in [6.45, 7) is 5.70. The lowest BCUT2D eigenvalue weighted by Crippen LogP contribution is -2.37. The first-order valence-corrected chi connectivity index (χ1v) is 6.08. The molecular weight excluding hydrogens is 214 g/mol. The molecule has 0 bridgehead atoms. The summed E-state index contributed by atoms with van der Waals surface area (Å²) in [4.78, 5) is 14.0. The van der Waals surface area contributed by atoms with E-state index in [1.165, 1.54) is 5.56 Å². The highest BCUT2D eigenvalue weighted by Crippen LogP contribution is 2.55. The van der Waals surface area contributed by atoms with Crippen molar-refractivity contribution in [1.29, 1.82) is 0 Å². The molecule has 1 aliphatic heterocycles. The fraction of sp³-hybridized carbons (Fsp3) is 0.500. The summed E-state index contributed by atoms with van der Waals surface area (Å²) < 4.78 is 5.46. The molecule has 0 saturated heterocycles. The average Bonchev–Trinajstić information content (AvgIpc) is 2.91. The number of carbonyl (C=O) groups excluding carboxylic acids is 1. The topological polar surface area (TPSA) is 29.5 Å². The van der Waals surface area contributed by atoms with Gasteiger partial charge < -0.3 is 4.74 Å². The third-order valence-corrected chi connectivity index (χ3v) is 3.27. The maximum absolute atomic E-state index is 12.2. The van der Waals surface area contributed by atoms with Crippen molar-refractivity contribution in [2.24, 2.45) is 0 Å². The minimum atomic E-state index is -0.432. The van der Waals surface area contributed by atoms with Gasteiger partial charge in [0.05, 0.1) is 5.69 Å². The predicted octanol–water partition coefficient (Wildman–Crippen LogP) is 3.30. The third-order valence-electron chi connectivity index (χ3n) is 3.27. The number of benzene rings is 1. The van der Waals surface area contributed by atoms with Gasteiger partial charge >= 0.3 is 6.09 Å². The van der Waals surface area contributed by atoms with Gasteiger partial charge in [0.25, 0.3) is 0 Å². The molecule has 3 heteroatoms. The standard InChI is InChI=1S/C14H17NO2/c1-14(2,3)17-13(16)15-11-7-5-4-6-9(11)10-8-12(10)15/h4-7,10,12H,8H2,1-3H3. The Bertz CT molecular complexity index is 475. The summed E-state index contributed by atoms with van der Waals surface area (Å²) in [7, 11) is 0. The van der Waals surface area contributed by atoms with E-state index in [-0.39, 0.29) is 6.09 Å². The van der Waals surface area contributed by atoms with E-state index in [1.54, 1.807) is 0 Å². The van der Waals surface area contributed by atoms with Crippen LogP contribution >= 0.6 is 0 Å². The number of nitrogens with zero attached hydrogens (tertiary/aromatic N) is 1. The SMILES string of the molecule is CC(C)(C)OC(=O)N1c2ccccc2C2CC21. The van der Waals surface area contributed by atoms with Crippen molar-refractivity contribution in [3.05, 3.63) is 29.8 Å². The molecule has 1 saturated carbocycles. The van der Waals surface area contributed by atoms with Gasteiger partial charge in [-0.1, -0.05) is 18.2 Å². The molecule has 1 fully saturated rings. The minimum absolute atomic E-state index is 0.213. The van der Waals surface area contributed by atoms with E-state index < -0.39 is 5.60 Å². The van der Waals surface area contributed by atoms with Crippen LogP contribution in [0.4, 0.5) is 10.5 Å². The van der Waals surface area contributed by atoms with Crippen LogP contribution in [0.5, 0.6) is 0 Å². The highest BCUT2D eigenvalue weighted by atomic mass is 16.6. The highest BCUT2D eigenvalue weighted by Gasteiger charge is 2.53. The predicted molar refractivity (Wildman–Crippen MR) is 66.3 cm³/mol. The second-order valence-corrected chi connectivity index (χ2v) is 5.82. The number of amides is 1. The van der Waals surface area contributed by atoms with E-state index in [9.17, 15) is 4.79 Å². The Labute approximate surface area is 101 Å². The van der Waals surface area contributed by atoms with E-state index in [1.807, 2.05) is 43.9 Å². The van der Waals surface area contributed by atoms with Gasteiger partial charge in [-0.25, -0.2) is 4.79 Å². The molecule has 1 amide bonds. The van der Waals surface area contributed by atoms with Crippen molar-refractivity contribution in [2.45, 2.75) is 44.8 Å². The minimum Gasteiger partial charge on any atom is -0.443 e. The second kappa shape index (κ2) is 3.25. The third kappa shape index (κ3) is 1.70. The van der Waals surface area contributed by atoms with Gasteiger partial charge in [0.2, 0.25) is 0 Å². The summed E-state index contributed by atoms with van der Waals surface area (Å²) >= 11 is 0. The molecule has 1 aromatic carbocycles. The monoisotopic (exact) mass is 231 g/mol. The van der Waals surface area contributed by atoms with Crippen LogP contribution in [-0.4, -0.2) is 17.7 Å². The van der Waals surface area contributed by atoms with Crippen LogP contribution in [0.2, 0.25) is 0 Å². The maximum Gasteiger partial charge on any atom is 0.415 e. The van der Waals surface area contributed by atoms with E-state index in [0.29, 0.717) is 12.0 Å². The Kier molecular flexibility index (Phi) is 2.03. The molecule has 90 valence electrons. The highest BCUT2D eigenvalue weighted by molar-refractivity contribution is 5.93. The number of fused-ring (bicyclic) bond motifs is 3. The maximum atomic E-state index is 12.2. The number of rotatable bonds is 0. The number of hydrogen-bond acceptors (Lipinski definition) is 2. The summed E-state index contributed by atoms with van der Waals surface area (Å²) in [5, 5.41) is 0. The fourth-order valence-electron chi connectivity index (χ4n) is 2.55. The molecule has 1 heterocycles. The molecule has 3 nitrogen and oxygen atoms in total. The molecule has 1 aromatic rings. The van der Waals surface area contributed by atoms with Crippen molar-refractivity contribution in [3.8, 4) is 0 Å². The fourth-order valence-corrected chi connectivity index (χ4v) is 2.55. The van der Waals surface area contributed by atoms with Gasteiger partial charge in [-0.05, 0) is 38.8 Å². The lowest BCUT2D eigenvalue weighted by Gasteiger charge is -2.26. The van der Waals surface area contributed by atoms with Crippen molar-refractivity contribution in [3.63, 3.8) is 0 Å². The first-order chi connectivity index (χ1) is 7.97. The number of ether oxygens (including phenoxy) is 1. The van der Waals surface area contributed by atoms with E-state index in [2.05, 4.69) is 6.07 Å². The summed E-state index contributed by atoms with van der Waals surface area (Å²) in [5.74, 6) is 0.540. The summed E-state index contributed by atoms with van der Waals surface area (Å²) in [6.07, 6.45) is 0.867. The summed E-state index contributed by atoms with van der Waals surface area (Å²) in [5.41, 5.74) is 1.89. The molecule has 0 N–H and O–H groups in total. The van der Waals surface area contributed by atoms with Crippen LogP contribution in [0, 0.1) is 0 Å². The number of hydrogen-bond donors (Lipinski definition) is 0. The quantitative estimate of drug-likeness (QED) is 0.685. The van der Waals surface area contributed by atoms with Crippen LogP contribution in [0.25, 0.3) is 0 Å². The Morgan fingerprint density at radius 3 is 2.76 bits per heavy atom. The molecular formula is C14H17NO2. The Morgan fingerprint density at radius 2 is 2.06 bits per heavy atom. The largest absolute Gasteiger partial charge is 0.443 e. The van der Waals surface area contributed by atoms with Crippen LogP contribution in [0.1, 0.15) is 38.7 Å². The zero-order chi connectivity index (χ0) is 12.2. The molecule has 2 atom stereocenters. The van der Waals surface area contributed by atoms with Crippen LogP contribution < -0.4 is 4.90 Å². The van der Waals surface area contributed by atoms with E-state index in [0.717, 1.165) is 12.1 Å². The zero-order valence-electron chi connectivity index (χ0n) is 10.4. The Morgan fingerprint density at radius 1 is 1.35 bits per heavy atom. The molecule has 2 unspecified atom stereocenters. The number of para-hydroxylation sites is 1. The Hall–Kier alpha value is -1.51. The number of carbonyl (C=O) groups is 1. The molecule has 0 radical (unpaired) electrons. The van der Waals surface area contributed by atoms with Gasteiger partial charge in [-0.2, -0.15) is 0 Å². The second-order valence-electron chi connectivity index (χ2n) is 5.82. The molecule has 1 aliphatic carbocycles. The normalized spacial score (nSPS) is 25.2. The van der Waals surface area contributed by atoms with E-state index in [4.69, 9.17) is 4.74 Å². The zero-order valence-corrected chi connectivity index (χ0v) is 10.4. The van der Waals surface area contributed by atoms with Gasteiger partial charge in [-0.15, -0.1) is 0 Å². The van der Waals surface area contributed by atoms with Crippen molar-refractivity contribution >= 4 is 11.8 Å². The van der Waals surface area contributed by atoms with Crippen molar-refractivity contribution < 1.29 is 9.53 Å². The molecule has 0 aromatic heterocycles. The smallest absolute Gasteiger partial charge is 0.415 e. The summed E-state index contributed by atoms with van der Waals surface area (Å²) in [6, 6.07) is 8.46. The van der Waals surface area contributed by atoms with Crippen molar-refractivity contribution in [2.75, 3.05) is 4.90 Å². The molecule has 0 spiro atoms. The average molecular weight is 231 g/mol. The van der Waals surface area contributed by atoms with Crippen molar-refractivity contribution in [1.82, 2.24) is 0 Å². The van der Waals surface area contributed by atoms with Gasteiger partial charge in [0.1, 0.15) is 5.60 Å². The lowest BCUT2D eigenvalue weighted by atomic mass is 10.1. The van der Waals surface area contributed by atoms with Crippen LogP contribution in [-0.2, 0) is 4.74 Å². The molecule has 2 aliphatic rings. The lowest BCUT2D eigenvalue weighted by molar-refractivity contribution is 0.0579. The van der Waals surface area contributed by atoms with Gasteiger partial charge in [-0.3, -0.25) is 4.90 Å². The van der Waals surface area contributed by atoms with E-state index >= 15 is 0 Å².